The zero-order valence-electron chi connectivity index (χ0n) is 12.2. The van der Waals surface area contributed by atoms with Crippen LogP contribution in [0.15, 0.2) is 47.5 Å². The van der Waals surface area contributed by atoms with Crippen LogP contribution in [0, 0.1) is 6.92 Å². The normalized spacial score (nSPS) is 12.0. The van der Waals surface area contributed by atoms with Gasteiger partial charge in [0.1, 0.15) is 0 Å². The quantitative estimate of drug-likeness (QED) is 0.732. The standard InChI is InChI=1S/C16H15ClN2O2S/c1-3-12-4-6-13(7-5-12)22(20,21)19-11(2)10-14-15(17)8-9-18-16(14)19/h4-10H,3H2,1-2H3. The number of aromatic nitrogens is 2. The van der Waals surface area contributed by atoms with E-state index in [-0.39, 0.29) is 4.90 Å². The van der Waals surface area contributed by atoms with Gasteiger partial charge in [0.2, 0.25) is 0 Å². The average Bonchev–Trinajstić information content (AvgIpc) is 2.85. The van der Waals surface area contributed by atoms with E-state index in [1.54, 1.807) is 31.2 Å². The summed E-state index contributed by atoms with van der Waals surface area (Å²) in [6.45, 7) is 3.76. The SMILES string of the molecule is CCc1ccc(S(=O)(=O)n2c(C)cc3c(Cl)ccnc32)cc1. The van der Waals surface area contributed by atoms with Crippen molar-refractivity contribution in [2.24, 2.45) is 0 Å². The third-order valence-electron chi connectivity index (χ3n) is 3.65. The lowest BCUT2D eigenvalue weighted by Crippen LogP contribution is -2.14. The van der Waals surface area contributed by atoms with E-state index in [0.29, 0.717) is 21.7 Å². The van der Waals surface area contributed by atoms with E-state index >= 15 is 0 Å². The Bertz CT molecular complexity index is 944. The molecule has 1 aromatic carbocycles. The number of nitrogens with zero attached hydrogens (tertiary/aromatic N) is 2. The predicted molar refractivity (Wildman–Crippen MR) is 87.9 cm³/mol. The topological polar surface area (TPSA) is 52.0 Å². The molecule has 2 aromatic heterocycles. The van der Waals surface area contributed by atoms with Crippen molar-refractivity contribution in [1.29, 1.82) is 0 Å². The molecule has 3 aromatic rings. The number of hydrogen-bond acceptors (Lipinski definition) is 3. The number of fused-ring (bicyclic) bond motifs is 1. The maximum atomic E-state index is 12.9. The molecule has 0 aliphatic carbocycles. The van der Waals surface area contributed by atoms with Crippen LogP contribution in [-0.4, -0.2) is 17.4 Å². The van der Waals surface area contributed by atoms with Gasteiger partial charge >= 0.3 is 0 Å². The molecule has 0 aliphatic rings. The van der Waals surface area contributed by atoms with Gasteiger partial charge in [-0.3, -0.25) is 0 Å². The molecule has 0 saturated carbocycles. The Morgan fingerprint density at radius 1 is 1.18 bits per heavy atom. The van der Waals surface area contributed by atoms with Crippen LogP contribution >= 0.6 is 11.6 Å². The van der Waals surface area contributed by atoms with E-state index in [4.69, 9.17) is 11.6 Å². The molecule has 0 N–H and O–H groups in total. The largest absolute Gasteiger partial charge is 0.269 e. The molecule has 0 bridgehead atoms. The minimum atomic E-state index is -3.70. The zero-order chi connectivity index (χ0) is 15.9. The second kappa shape index (κ2) is 5.41. The van der Waals surface area contributed by atoms with Crippen molar-refractivity contribution in [1.82, 2.24) is 8.96 Å². The third kappa shape index (κ3) is 2.30. The van der Waals surface area contributed by atoms with Crippen molar-refractivity contribution in [3.63, 3.8) is 0 Å². The molecule has 114 valence electrons. The molecule has 3 rings (SSSR count). The van der Waals surface area contributed by atoms with Crippen molar-refractivity contribution in [3.8, 4) is 0 Å². The van der Waals surface area contributed by atoms with Crippen molar-refractivity contribution in [3.05, 3.63) is 58.9 Å². The maximum absolute atomic E-state index is 12.9. The number of pyridine rings is 1. The molecule has 0 saturated heterocycles. The molecule has 0 fully saturated rings. The Morgan fingerprint density at radius 3 is 2.50 bits per heavy atom. The second-order valence-corrected chi connectivity index (χ2v) is 7.28. The van der Waals surface area contributed by atoms with Crippen molar-refractivity contribution < 1.29 is 8.42 Å². The number of halogens is 1. The predicted octanol–water partition coefficient (Wildman–Crippen LogP) is 3.80. The van der Waals surface area contributed by atoms with Crippen molar-refractivity contribution in [2.45, 2.75) is 25.2 Å². The fourth-order valence-corrected chi connectivity index (χ4v) is 4.17. The van der Waals surface area contributed by atoms with Crippen LogP contribution in [0.25, 0.3) is 11.0 Å². The first-order valence-electron chi connectivity index (χ1n) is 6.92. The first-order valence-corrected chi connectivity index (χ1v) is 8.74. The van der Waals surface area contributed by atoms with Crippen LogP contribution in [0.2, 0.25) is 5.02 Å². The highest BCUT2D eigenvalue weighted by Crippen LogP contribution is 2.28. The van der Waals surface area contributed by atoms with E-state index in [2.05, 4.69) is 4.98 Å². The van der Waals surface area contributed by atoms with Gasteiger partial charge in [-0.25, -0.2) is 17.4 Å². The minimum absolute atomic E-state index is 0.243. The summed E-state index contributed by atoms with van der Waals surface area (Å²) >= 11 is 6.13. The molecular formula is C16H15ClN2O2S. The van der Waals surface area contributed by atoms with Gasteiger partial charge < -0.3 is 0 Å². The summed E-state index contributed by atoms with van der Waals surface area (Å²) < 4.78 is 27.1. The molecule has 0 radical (unpaired) electrons. The van der Waals surface area contributed by atoms with Gasteiger partial charge in [0.05, 0.1) is 9.92 Å². The molecule has 0 aliphatic heterocycles. The number of hydrogen-bond donors (Lipinski definition) is 0. The first-order chi connectivity index (χ1) is 10.4. The van der Waals surface area contributed by atoms with Gasteiger partial charge in [-0.1, -0.05) is 30.7 Å². The molecule has 2 heterocycles. The summed E-state index contributed by atoms with van der Waals surface area (Å²) in [5.74, 6) is 0. The van der Waals surface area contributed by atoms with Crippen molar-refractivity contribution >= 4 is 32.7 Å². The summed E-state index contributed by atoms with van der Waals surface area (Å²) in [6, 6.07) is 10.3. The molecule has 0 atom stereocenters. The number of rotatable bonds is 3. The Hall–Kier alpha value is -1.85. The number of aryl methyl sites for hydroxylation is 2. The van der Waals surface area contributed by atoms with Crippen LogP contribution in [-0.2, 0) is 16.4 Å². The van der Waals surface area contributed by atoms with Gasteiger partial charge in [-0.05, 0) is 43.2 Å². The summed E-state index contributed by atoms with van der Waals surface area (Å²) in [6.07, 6.45) is 2.37. The van der Waals surface area contributed by atoms with Crippen molar-refractivity contribution in [2.75, 3.05) is 0 Å². The van der Waals surface area contributed by atoms with Crippen LogP contribution in [0.3, 0.4) is 0 Å². The average molecular weight is 335 g/mol. The molecule has 0 amide bonds. The summed E-state index contributed by atoms with van der Waals surface area (Å²) in [5.41, 5.74) is 2.02. The highest BCUT2D eigenvalue weighted by Gasteiger charge is 2.22. The Labute approximate surface area is 134 Å². The van der Waals surface area contributed by atoms with E-state index in [1.165, 1.54) is 10.2 Å². The van der Waals surface area contributed by atoms with Gasteiger partial charge in [-0.2, -0.15) is 0 Å². The smallest absolute Gasteiger partial charge is 0.237 e. The Balaban J connectivity index is 2.25. The molecule has 4 nitrogen and oxygen atoms in total. The van der Waals surface area contributed by atoms with E-state index in [9.17, 15) is 8.42 Å². The highest BCUT2D eigenvalue weighted by molar-refractivity contribution is 7.90. The molecular weight excluding hydrogens is 320 g/mol. The van der Waals surface area contributed by atoms with Crippen LogP contribution < -0.4 is 0 Å². The maximum Gasteiger partial charge on any atom is 0.269 e. The highest BCUT2D eigenvalue weighted by atomic mass is 35.5. The monoisotopic (exact) mass is 334 g/mol. The van der Waals surface area contributed by atoms with Crippen LogP contribution in [0.1, 0.15) is 18.2 Å². The lowest BCUT2D eigenvalue weighted by molar-refractivity contribution is 0.587. The van der Waals surface area contributed by atoms with Gasteiger partial charge in [0.15, 0.2) is 5.65 Å². The second-order valence-electron chi connectivity index (χ2n) is 5.08. The number of benzene rings is 1. The lowest BCUT2D eigenvalue weighted by Gasteiger charge is -2.10. The van der Waals surface area contributed by atoms with Crippen LogP contribution in [0.4, 0.5) is 0 Å². The fourth-order valence-electron chi connectivity index (χ4n) is 2.48. The zero-order valence-corrected chi connectivity index (χ0v) is 13.8. The third-order valence-corrected chi connectivity index (χ3v) is 5.79. The van der Waals surface area contributed by atoms with E-state index < -0.39 is 10.0 Å². The summed E-state index contributed by atoms with van der Waals surface area (Å²) in [7, 11) is -3.70. The van der Waals surface area contributed by atoms with E-state index in [1.807, 2.05) is 19.1 Å². The summed E-state index contributed by atoms with van der Waals surface area (Å²) in [4.78, 5) is 4.43. The molecule has 22 heavy (non-hydrogen) atoms. The van der Waals surface area contributed by atoms with E-state index in [0.717, 1.165) is 12.0 Å². The first kappa shape index (κ1) is 15.1. The fraction of sp³-hybridized carbons (Fsp3) is 0.188. The van der Waals surface area contributed by atoms with Gasteiger partial charge in [0, 0.05) is 17.3 Å². The van der Waals surface area contributed by atoms with Gasteiger partial charge in [-0.15, -0.1) is 0 Å². The molecule has 0 spiro atoms. The molecule has 6 heteroatoms. The Morgan fingerprint density at radius 2 is 1.86 bits per heavy atom. The minimum Gasteiger partial charge on any atom is -0.237 e. The Kier molecular flexibility index (Phi) is 3.70. The van der Waals surface area contributed by atoms with Gasteiger partial charge in [0.25, 0.3) is 10.0 Å². The molecule has 0 unspecified atom stereocenters. The lowest BCUT2D eigenvalue weighted by atomic mass is 10.2. The summed E-state index contributed by atoms with van der Waals surface area (Å²) in [5, 5.41) is 1.12. The van der Waals surface area contributed by atoms with Crippen LogP contribution in [0.5, 0.6) is 0 Å².